The largest absolute Gasteiger partial charge is 0.394 e. The highest BCUT2D eigenvalue weighted by atomic mass is 16.7. The first-order valence-corrected chi connectivity index (χ1v) is 14.5. The molecule has 3 aliphatic rings. The van der Waals surface area contributed by atoms with Crippen LogP contribution >= 0.6 is 0 Å². The number of aliphatic hydroxyl groups is 7. The van der Waals surface area contributed by atoms with Crippen LogP contribution in [0.1, 0.15) is 51.4 Å². The number of hydrogen-bond donors (Lipinski definition) is 8. The van der Waals surface area contributed by atoms with Crippen LogP contribution in [0.5, 0.6) is 0 Å². The van der Waals surface area contributed by atoms with Gasteiger partial charge in [0, 0.05) is 32.2 Å². The number of amides is 3. The van der Waals surface area contributed by atoms with E-state index >= 15 is 0 Å². The summed E-state index contributed by atoms with van der Waals surface area (Å²) in [7, 11) is 0. The number of carbonyl (C=O) groups is 4. The molecule has 44 heavy (non-hydrogen) atoms. The van der Waals surface area contributed by atoms with Crippen LogP contribution in [-0.4, -0.2) is 152 Å². The number of carbonyl (C=O) groups excluding carboxylic acids is 4. The first-order chi connectivity index (χ1) is 21.0. The molecule has 0 aromatic carbocycles. The number of aliphatic hydroxyl groups excluding tert-OH is 7. The third kappa shape index (κ3) is 9.57. The highest BCUT2D eigenvalue weighted by molar-refractivity contribution is 6.01. The molecular weight excluding hydrogens is 596 g/mol. The lowest BCUT2D eigenvalue weighted by atomic mass is 9.97. The zero-order chi connectivity index (χ0) is 32.4. The standard InChI is InChI=1S/C26H42N2O16/c29-11-13-19(35)21(37)22(38)26(42-13)43-24-20(36)14(12-30)41-25(23(24)39)40-10-9-27-15(31)5-3-1-2-4-6-18(34)44-28-16(32)7-8-17(28)33/h13-14,19-26,29-30,35-39H,1-12H2,(H,27,31)/t13?,14?,19-,20-,21?,22?,23?,24?,25+,26-/m1/s1. The van der Waals surface area contributed by atoms with Crippen molar-refractivity contribution in [2.24, 2.45) is 0 Å². The molecule has 18 heteroatoms. The second-order valence-electron chi connectivity index (χ2n) is 10.7. The summed E-state index contributed by atoms with van der Waals surface area (Å²) in [6.45, 7) is -1.53. The van der Waals surface area contributed by atoms with Gasteiger partial charge in [0.25, 0.3) is 11.8 Å². The Balaban J connectivity index is 1.33. The number of rotatable bonds is 16. The average Bonchev–Trinajstić information content (AvgIpc) is 3.31. The SMILES string of the molecule is O=C(CCCCCCC(=O)ON1C(=O)CCC1=O)NCCO[C@H]1OC(CO)[C@@H](O)C(O[C@H]2OC(CO)[C@@H](O)C(O)C2O)C1O. The van der Waals surface area contributed by atoms with Crippen LogP contribution in [0.25, 0.3) is 0 Å². The second kappa shape index (κ2) is 17.4. The van der Waals surface area contributed by atoms with Gasteiger partial charge in [-0.2, -0.15) is 0 Å². The lowest BCUT2D eigenvalue weighted by Crippen LogP contribution is -2.64. The van der Waals surface area contributed by atoms with E-state index in [9.17, 15) is 54.9 Å². The van der Waals surface area contributed by atoms with Crippen molar-refractivity contribution in [3.8, 4) is 0 Å². The Kier molecular flexibility index (Phi) is 14.3. The van der Waals surface area contributed by atoms with E-state index in [4.69, 9.17) is 23.8 Å². The summed E-state index contributed by atoms with van der Waals surface area (Å²) >= 11 is 0. The summed E-state index contributed by atoms with van der Waals surface area (Å²) < 4.78 is 21.6. The van der Waals surface area contributed by atoms with Gasteiger partial charge < -0.3 is 64.8 Å². The van der Waals surface area contributed by atoms with E-state index in [1.165, 1.54) is 0 Å². The molecule has 18 nitrogen and oxygen atoms in total. The molecule has 0 radical (unpaired) electrons. The fraction of sp³-hybridized carbons (Fsp3) is 0.846. The molecule has 0 aromatic rings. The second-order valence-corrected chi connectivity index (χ2v) is 10.7. The van der Waals surface area contributed by atoms with Crippen molar-refractivity contribution in [3.63, 3.8) is 0 Å². The van der Waals surface area contributed by atoms with Crippen molar-refractivity contribution >= 4 is 23.7 Å². The van der Waals surface area contributed by atoms with Gasteiger partial charge in [0.1, 0.15) is 48.8 Å². The number of nitrogens with zero attached hydrogens (tertiary/aromatic N) is 1. The first kappa shape index (κ1) is 36.1. The van der Waals surface area contributed by atoms with Crippen LogP contribution in [-0.2, 0) is 43.0 Å². The molecule has 3 amide bonds. The monoisotopic (exact) mass is 638 g/mol. The van der Waals surface area contributed by atoms with Crippen molar-refractivity contribution in [1.82, 2.24) is 10.4 Å². The molecule has 3 saturated heterocycles. The highest BCUT2D eigenvalue weighted by Gasteiger charge is 2.50. The van der Waals surface area contributed by atoms with Crippen molar-refractivity contribution in [1.29, 1.82) is 0 Å². The number of unbranched alkanes of at least 4 members (excludes halogenated alkanes) is 3. The lowest BCUT2D eigenvalue weighted by Gasteiger charge is -2.45. The predicted octanol–water partition coefficient (Wildman–Crippen LogP) is -4.31. The average molecular weight is 639 g/mol. The van der Waals surface area contributed by atoms with E-state index in [1.54, 1.807) is 0 Å². The summed E-state index contributed by atoms with van der Waals surface area (Å²) in [6.07, 6.45) is -13.2. The summed E-state index contributed by atoms with van der Waals surface area (Å²) in [5.41, 5.74) is 0. The maximum atomic E-state index is 12.1. The molecule has 3 rings (SSSR count). The van der Waals surface area contributed by atoms with Crippen LogP contribution in [0, 0.1) is 0 Å². The van der Waals surface area contributed by atoms with Crippen molar-refractivity contribution in [3.05, 3.63) is 0 Å². The van der Waals surface area contributed by atoms with Gasteiger partial charge in [-0.1, -0.05) is 12.8 Å². The van der Waals surface area contributed by atoms with Gasteiger partial charge in [-0.3, -0.25) is 14.4 Å². The number of ether oxygens (including phenoxy) is 4. The quantitative estimate of drug-likeness (QED) is 0.0586. The van der Waals surface area contributed by atoms with E-state index in [0.717, 1.165) is 0 Å². The lowest BCUT2D eigenvalue weighted by molar-refractivity contribution is -0.360. The predicted molar refractivity (Wildman–Crippen MR) is 140 cm³/mol. The van der Waals surface area contributed by atoms with E-state index in [0.29, 0.717) is 30.7 Å². The molecule has 8 N–H and O–H groups in total. The maximum absolute atomic E-state index is 12.1. The Morgan fingerprint density at radius 3 is 2.00 bits per heavy atom. The van der Waals surface area contributed by atoms with Gasteiger partial charge in [-0.15, -0.1) is 5.06 Å². The Bertz CT molecular complexity index is 952. The molecule has 3 fully saturated rings. The minimum atomic E-state index is -1.80. The molecule has 252 valence electrons. The molecule has 0 aromatic heterocycles. The summed E-state index contributed by atoms with van der Waals surface area (Å²) in [5.74, 6) is -2.04. The highest BCUT2D eigenvalue weighted by Crippen LogP contribution is 2.29. The fourth-order valence-electron chi connectivity index (χ4n) is 4.85. The normalized spacial score (nSPS) is 34.3. The molecule has 0 spiro atoms. The summed E-state index contributed by atoms with van der Waals surface area (Å²) in [6, 6.07) is 0. The topological polar surface area (TPSA) is 271 Å². The molecule has 0 aliphatic carbocycles. The van der Waals surface area contributed by atoms with E-state index in [-0.39, 0.29) is 44.7 Å². The molecule has 0 bridgehead atoms. The van der Waals surface area contributed by atoms with Crippen LogP contribution in [0.2, 0.25) is 0 Å². The van der Waals surface area contributed by atoms with E-state index in [1.807, 2.05) is 0 Å². The van der Waals surface area contributed by atoms with Gasteiger partial charge in [0.05, 0.1) is 19.8 Å². The van der Waals surface area contributed by atoms with Crippen LogP contribution in [0.4, 0.5) is 0 Å². The van der Waals surface area contributed by atoms with Crippen molar-refractivity contribution < 1.29 is 78.7 Å². The summed E-state index contributed by atoms with van der Waals surface area (Å²) in [4.78, 5) is 51.6. The number of hydroxylamine groups is 2. The Morgan fingerprint density at radius 2 is 1.36 bits per heavy atom. The molecule has 3 heterocycles. The number of hydrogen-bond acceptors (Lipinski definition) is 16. The Morgan fingerprint density at radius 1 is 0.773 bits per heavy atom. The minimum absolute atomic E-state index is 0.0227. The van der Waals surface area contributed by atoms with Crippen molar-refractivity contribution in [2.75, 3.05) is 26.4 Å². The molecule has 3 aliphatic heterocycles. The zero-order valence-electron chi connectivity index (χ0n) is 24.0. The fourth-order valence-corrected chi connectivity index (χ4v) is 4.85. The molecular formula is C26H42N2O16. The van der Waals surface area contributed by atoms with Gasteiger partial charge in [0.15, 0.2) is 12.6 Å². The smallest absolute Gasteiger partial charge is 0.333 e. The third-order valence-corrected chi connectivity index (χ3v) is 7.40. The minimum Gasteiger partial charge on any atom is -0.394 e. The molecule has 0 saturated carbocycles. The Hall–Kier alpha value is -2.36. The van der Waals surface area contributed by atoms with E-state index in [2.05, 4.69) is 5.32 Å². The molecule has 10 atom stereocenters. The number of imide groups is 1. The Labute approximate surface area is 252 Å². The van der Waals surface area contributed by atoms with Gasteiger partial charge >= 0.3 is 5.97 Å². The first-order valence-electron chi connectivity index (χ1n) is 14.5. The zero-order valence-corrected chi connectivity index (χ0v) is 24.0. The maximum Gasteiger partial charge on any atom is 0.333 e. The molecule has 6 unspecified atom stereocenters. The number of nitrogens with one attached hydrogen (secondary N) is 1. The summed E-state index contributed by atoms with van der Waals surface area (Å²) in [5, 5.41) is 73.5. The van der Waals surface area contributed by atoms with Crippen LogP contribution in [0.3, 0.4) is 0 Å². The van der Waals surface area contributed by atoms with Gasteiger partial charge in [-0.25, -0.2) is 4.79 Å². The third-order valence-electron chi connectivity index (χ3n) is 7.40. The van der Waals surface area contributed by atoms with Crippen LogP contribution < -0.4 is 5.32 Å². The van der Waals surface area contributed by atoms with Gasteiger partial charge in [-0.05, 0) is 12.8 Å². The van der Waals surface area contributed by atoms with E-state index < -0.39 is 92.4 Å². The van der Waals surface area contributed by atoms with Crippen molar-refractivity contribution in [2.45, 2.75) is 113 Å². The van der Waals surface area contributed by atoms with Gasteiger partial charge in [0.2, 0.25) is 5.91 Å². The van der Waals surface area contributed by atoms with Crippen LogP contribution in [0.15, 0.2) is 0 Å².